The Morgan fingerprint density at radius 3 is 2.07 bits per heavy atom. The van der Waals surface area contributed by atoms with E-state index < -0.39 is 5.97 Å². The van der Waals surface area contributed by atoms with Crippen LogP contribution in [0.25, 0.3) is 22.9 Å². The van der Waals surface area contributed by atoms with Crippen LogP contribution in [-0.2, 0) is 9.59 Å². The number of nitrogens with two attached hydrogens (primary N) is 1. The summed E-state index contributed by atoms with van der Waals surface area (Å²) in [4.78, 5) is 22.9. The molecule has 0 aliphatic heterocycles. The minimum atomic E-state index is -0.999. The molecule has 0 aromatic heterocycles. The Labute approximate surface area is 156 Å². The maximum atomic E-state index is 12.2. The number of nitrogen functional groups attached to an aromatic ring is 1. The van der Waals surface area contributed by atoms with Crippen LogP contribution >= 0.6 is 0 Å². The lowest BCUT2D eigenvalue weighted by Gasteiger charge is -2.06. The zero-order chi connectivity index (χ0) is 19.2. The molecule has 0 fully saturated rings. The van der Waals surface area contributed by atoms with E-state index in [9.17, 15) is 9.59 Å². The lowest BCUT2D eigenvalue weighted by Crippen LogP contribution is -2.07. The summed E-state index contributed by atoms with van der Waals surface area (Å²) in [6.45, 7) is 0. The van der Waals surface area contributed by atoms with Crippen molar-refractivity contribution in [2.75, 3.05) is 11.1 Å². The molecule has 0 bridgehead atoms. The standard InChI is InChI=1S/C22H18N2O3/c23-17-4-3-5-18(14-17)24-21(25)12-10-15-8-9-16(11-13-22(26)27)20-7-2-1-6-19(15)20/h1-14H,23H2,(H,24,25)(H,26,27)/b12-10+,13-11+. The molecule has 0 aliphatic rings. The minimum absolute atomic E-state index is 0.264. The second-order valence-corrected chi connectivity index (χ2v) is 5.91. The lowest BCUT2D eigenvalue weighted by atomic mass is 9.99. The van der Waals surface area contributed by atoms with Gasteiger partial charge in [-0.1, -0.05) is 42.5 Å². The Kier molecular flexibility index (Phi) is 5.33. The molecular weight excluding hydrogens is 340 g/mol. The quantitative estimate of drug-likeness (QED) is 0.471. The zero-order valence-corrected chi connectivity index (χ0v) is 14.4. The van der Waals surface area contributed by atoms with Crippen molar-refractivity contribution in [3.63, 3.8) is 0 Å². The van der Waals surface area contributed by atoms with Crippen molar-refractivity contribution in [2.24, 2.45) is 0 Å². The smallest absolute Gasteiger partial charge is 0.328 e. The highest BCUT2D eigenvalue weighted by Crippen LogP contribution is 2.25. The number of carboxylic acid groups (broad SMARTS) is 1. The number of hydrogen-bond acceptors (Lipinski definition) is 3. The number of fused-ring (bicyclic) bond motifs is 1. The van der Waals surface area contributed by atoms with Crippen molar-refractivity contribution < 1.29 is 14.7 Å². The van der Waals surface area contributed by atoms with Gasteiger partial charge in [-0.2, -0.15) is 0 Å². The van der Waals surface area contributed by atoms with Gasteiger partial charge in [0.2, 0.25) is 5.91 Å². The van der Waals surface area contributed by atoms with E-state index in [0.717, 1.165) is 28.0 Å². The van der Waals surface area contributed by atoms with Crippen molar-refractivity contribution in [1.29, 1.82) is 0 Å². The number of carbonyl (C=O) groups is 2. The van der Waals surface area contributed by atoms with E-state index >= 15 is 0 Å². The van der Waals surface area contributed by atoms with Crippen LogP contribution in [0.1, 0.15) is 11.1 Å². The first-order valence-electron chi connectivity index (χ1n) is 8.30. The number of hydrogen-bond donors (Lipinski definition) is 3. The first-order chi connectivity index (χ1) is 13.0. The fourth-order valence-corrected chi connectivity index (χ4v) is 2.76. The number of carbonyl (C=O) groups excluding carboxylic acids is 1. The molecule has 0 saturated carbocycles. The van der Waals surface area contributed by atoms with E-state index in [-0.39, 0.29) is 5.91 Å². The van der Waals surface area contributed by atoms with Gasteiger partial charge in [0, 0.05) is 23.5 Å². The second-order valence-electron chi connectivity index (χ2n) is 5.91. The fourth-order valence-electron chi connectivity index (χ4n) is 2.76. The van der Waals surface area contributed by atoms with Crippen LogP contribution in [0.3, 0.4) is 0 Å². The molecule has 0 aliphatic carbocycles. The third-order valence-corrected chi connectivity index (χ3v) is 3.97. The summed E-state index contributed by atoms with van der Waals surface area (Å²) in [5, 5.41) is 13.4. The van der Waals surface area contributed by atoms with E-state index in [2.05, 4.69) is 5.32 Å². The molecule has 3 aromatic rings. The van der Waals surface area contributed by atoms with E-state index in [1.54, 1.807) is 36.4 Å². The fraction of sp³-hybridized carbons (Fsp3) is 0. The predicted molar refractivity (Wildman–Crippen MR) is 109 cm³/mol. The van der Waals surface area contributed by atoms with Gasteiger partial charge in [0.1, 0.15) is 0 Å². The molecule has 0 saturated heterocycles. The van der Waals surface area contributed by atoms with Crippen LogP contribution in [0.2, 0.25) is 0 Å². The minimum Gasteiger partial charge on any atom is -0.478 e. The van der Waals surface area contributed by atoms with Gasteiger partial charge in [0.15, 0.2) is 0 Å². The maximum absolute atomic E-state index is 12.2. The molecule has 0 heterocycles. The summed E-state index contributed by atoms with van der Waals surface area (Å²) in [5.74, 6) is -1.26. The van der Waals surface area contributed by atoms with E-state index in [1.165, 1.54) is 6.08 Å². The SMILES string of the molecule is Nc1cccc(NC(=O)/C=C/c2ccc(/C=C/C(=O)O)c3ccccc23)c1. The highest BCUT2D eigenvalue weighted by molar-refractivity contribution is 6.04. The molecule has 3 rings (SSSR count). The van der Waals surface area contributed by atoms with Crippen LogP contribution in [0, 0.1) is 0 Å². The zero-order valence-electron chi connectivity index (χ0n) is 14.4. The summed E-state index contributed by atoms with van der Waals surface area (Å²) < 4.78 is 0. The summed E-state index contributed by atoms with van der Waals surface area (Å²) in [6, 6.07) is 18.3. The van der Waals surface area contributed by atoms with E-state index in [0.29, 0.717) is 11.4 Å². The number of carboxylic acids is 1. The van der Waals surface area contributed by atoms with Crippen LogP contribution in [0.4, 0.5) is 11.4 Å². The van der Waals surface area contributed by atoms with Crippen molar-refractivity contribution >= 4 is 46.2 Å². The molecular formula is C22H18N2O3. The number of benzene rings is 3. The van der Waals surface area contributed by atoms with Crippen LogP contribution < -0.4 is 11.1 Å². The van der Waals surface area contributed by atoms with Gasteiger partial charge in [-0.3, -0.25) is 4.79 Å². The summed E-state index contributed by atoms with van der Waals surface area (Å²) in [7, 11) is 0. The number of rotatable bonds is 5. The van der Waals surface area contributed by atoms with Gasteiger partial charge >= 0.3 is 5.97 Å². The van der Waals surface area contributed by atoms with Crippen molar-refractivity contribution in [3.05, 3.63) is 83.9 Å². The van der Waals surface area contributed by atoms with Gasteiger partial charge in [-0.25, -0.2) is 4.79 Å². The Bertz CT molecular complexity index is 1070. The van der Waals surface area contributed by atoms with Gasteiger partial charge in [-0.15, -0.1) is 0 Å². The average molecular weight is 358 g/mol. The Morgan fingerprint density at radius 2 is 1.48 bits per heavy atom. The van der Waals surface area contributed by atoms with Gasteiger partial charge in [0.05, 0.1) is 0 Å². The Hall–Kier alpha value is -3.86. The Balaban J connectivity index is 1.86. The third-order valence-electron chi connectivity index (χ3n) is 3.97. The van der Waals surface area contributed by atoms with E-state index in [4.69, 9.17) is 10.8 Å². The Morgan fingerprint density at radius 1 is 0.852 bits per heavy atom. The first-order valence-corrected chi connectivity index (χ1v) is 8.30. The van der Waals surface area contributed by atoms with Gasteiger partial charge in [0.25, 0.3) is 0 Å². The average Bonchev–Trinajstić information content (AvgIpc) is 2.65. The molecule has 4 N–H and O–H groups in total. The van der Waals surface area contributed by atoms with Gasteiger partial charge in [-0.05, 0) is 52.3 Å². The van der Waals surface area contributed by atoms with Gasteiger partial charge < -0.3 is 16.2 Å². The van der Waals surface area contributed by atoms with Crippen LogP contribution in [-0.4, -0.2) is 17.0 Å². The van der Waals surface area contributed by atoms with E-state index in [1.807, 2.05) is 36.4 Å². The normalized spacial score (nSPS) is 11.3. The maximum Gasteiger partial charge on any atom is 0.328 e. The van der Waals surface area contributed by atoms with Crippen LogP contribution in [0.5, 0.6) is 0 Å². The molecule has 0 radical (unpaired) electrons. The molecule has 134 valence electrons. The predicted octanol–water partition coefficient (Wildman–Crippen LogP) is 4.17. The highest BCUT2D eigenvalue weighted by atomic mass is 16.4. The summed E-state index contributed by atoms with van der Waals surface area (Å²) >= 11 is 0. The van der Waals surface area contributed by atoms with Crippen molar-refractivity contribution in [2.45, 2.75) is 0 Å². The molecule has 0 atom stereocenters. The molecule has 0 unspecified atom stereocenters. The summed E-state index contributed by atoms with van der Waals surface area (Å²) in [6.07, 6.45) is 5.85. The molecule has 5 heteroatoms. The lowest BCUT2D eigenvalue weighted by molar-refractivity contribution is -0.131. The molecule has 3 aromatic carbocycles. The summed E-state index contributed by atoms with van der Waals surface area (Å²) in [5.41, 5.74) is 8.57. The number of nitrogens with one attached hydrogen (secondary N) is 1. The molecule has 1 amide bonds. The largest absolute Gasteiger partial charge is 0.478 e. The number of anilines is 2. The third kappa shape index (κ3) is 4.61. The number of aliphatic carboxylic acids is 1. The first kappa shape index (κ1) is 17.9. The molecule has 5 nitrogen and oxygen atoms in total. The van der Waals surface area contributed by atoms with Crippen LogP contribution in [0.15, 0.2) is 72.8 Å². The number of amides is 1. The molecule has 27 heavy (non-hydrogen) atoms. The van der Waals surface area contributed by atoms with Crippen molar-refractivity contribution in [3.8, 4) is 0 Å². The second kappa shape index (κ2) is 8.01. The monoisotopic (exact) mass is 358 g/mol. The topological polar surface area (TPSA) is 92.4 Å². The highest BCUT2D eigenvalue weighted by Gasteiger charge is 2.04. The van der Waals surface area contributed by atoms with Crippen molar-refractivity contribution in [1.82, 2.24) is 0 Å². The molecule has 0 spiro atoms.